The van der Waals surface area contributed by atoms with E-state index in [1.807, 2.05) is 18.2 Å². The van der Waals surface area contributed by atoms with Gasteiger partial charge in [0.25, 0.3) is 5.91 Å². The van der Waals surface area contributed by atoms with Crippen LogP contribution < -0.4 is 14.8 Å². The Kier molecular flexibility index (Phi) is 5.04. The third-order valence-corrected chi connectivity index (χ3v) is 4.42. The normalized spacial score (nSPS) is 14.8. The highest BCUT2D eigenvalue weighted by Crippen LogP contribution is 2.34. The summed E-state index contributed by atoms with van der Waals surface area (Å²) in [4.78, 5) is 12.7. The minimum Gasteiger partial charge on any atom is -0.497 e. The van der Waals surface area contributed by atoms with E-state index < -0.39 is 0 Å². The lowest BCUT2D eigenvalue weighted by Gasteiger charge is -2.19. The maximum atomic E-state index is 12.7. The van der Waals surface area contributed by atoms with E-state index >= 15 is 0 Å². The summed E-state index contributed by atoms with van der Waals surface area (Å²) in [6, 6.07) is 15.7. The minimum absolute atomic E-state index is 0.0833. The Morgan fingerprint density at radius 1 is 1.08 bits per heavy atom. The molecule has 0 radical (unpaired) electrons. The Balaban J connectivity index is 1.74. The van der Waals surface area contributed by atoms with Crippen LogP contribution in [0.4, 0.5) is 0 Å². The Labute approximate surface area is 142 Å². The third-order valence-electron chi connectivity index (χ3n) is 4.42. The van der Waals surface area contributed by atoms with Crippen molar-refractivity contribution in [1.29, 1.82) is 0 Å². The predicted octanol–water partition coefficient (Wildman–Crippen LogP) is 3.45. The minimum atomic E-state index is -0.0833. The molecule has 0 spiro atoms. The van der Waals surface area contributed by atoms with E-state index in [1.165, 1.54) is 18.4 Å². The van der Waals surface area contributed by atoms with Crippen LogP contribution in [0.3, 0.4) is 0 Å². The number of methoxy groups -OCH3 is 2. The molecule has 1 aliphatic rings. The van der Waals surface area contributed by atoms with Gasteiger partial charge in [-0.1, -0.05) is 30.3 Å². The summed E-state index contributed by atoms with van der Waals surface area (Å²) in [5.41, 5.74) is 1.81. The molecule has 2 aromatic carbocycles. The topological polar surface area (TPSA) is 47.6 Å². The number of amides is 1. The second-order valence-corrected chi connectivity index (χ2v) is 6.21. The second-order valence-electron chi connectivity index (χ2n) is 6.21. The largest absolute Gasteiger partial charge is 0.497 e. The van der Waals surface area contributed by atoms with Crippen molar-refractivity contribution >= 4 is 5.91 Å². The van der Waals surface area contributed by atoms with E-state index in [9.17, 15) is 4.79 Å². The first-order valence-electron chi connectivity index (χ1n) is 8.27. The second kappa shape index (κ2) is 7.39. The van der Waals surface area contributed by atoms with Crippen molar-refractivity contribution < 1.29 is 14.3 Å². The molecule has 0 saturated heterocycles. The van der Waals surface area contributed by atoms with Crippen LogP contribution in [0.1, 0.15) is 28.8 Å². The average Bonchev–Trinajstić information content (AvgIpc) is 3.46. The number of carbonyl (C=O) groups excluding carboxylic acids is 1. The van der Waals surface area contributed by atoms with Crippen LogP contribution in [0.25, 0.3) is 0 Å². The lowest BCUT2D eigenvalue weighted by atomic mass is 10.0. The van der Waals surface area contributed by atoms with Gasteiger partial charge in [0.15, 0.2) is 0 Å². The lowest BCUT2D eigenvalue weighted by Crippen LogP contribution is -2.38. The van der Waals surface area contributed by atoms with Gasteiger partial charge >= 0.3 is 0 Å². The maximum Gasteiger partial charge on any atom is 0.251 e. The highest BCUT2D eigenvalue weighted by Gasteiger charge is 2.32. The van der Waals surface area contributed by atoms with Crippen LogP contribution in [0.2, 0.25) is 0 Å². The molecule has 1 aliphatic carbocycles. The third kappa shape index (κ3) is 4.07. The fraction of sp³-hybridized carbons (Fsp3) is 0.350. The number of hydrogen-bond donors (Lipinski definition) is 1. The lowest BCUT2D eigenvalue weighted by molar-refractivity contribution is 0.0931. The van der Waals surface area contributed by atoms with Gasteiger partial charge in [-0.3, -0.25) is 4.79 Å². The first-order chi connectivity index (χ1) is 11.7. The number of hydrogen-bond acceptors (Lipinski definition) is 3. The highest BCUT2D eigenvalue weighted by atomic mass is 16.5. The highest BCUT2D eigenvalue weighted by molar-refractivity contribution is 5.95. The molecule has 1 unspecified atom stereocenters. The molecule has 1 fully saturated rings. The molecule has 0 bridgehead atoms. The Morgan fingerprint density at radius 3 is 2.25 bits per heavy atom. The molecule has 0 heterocycles. The first kappa shape index (κ1) is 16.4. The number of carbonyl (C=O) groups is 1. The first-order valence-corrected chi connectivity index (χ1v) is 8.27. The van der Waals surface area contributed by atoms with Crippen molar-refractivity contribution in [3.05, 3.63) is 59.7 Å². The number of ether oxygens (including phenoxy) is 2. The molecule has 1 amide bonds. The summed E-state index contributed by atoms with van der Waals surface area (Å²) < 4.78 is 10.5. The van der Waals surface area contributed by atoms with Crippen LogP contribution >= 0.6 is 0 Å². The quantitative estimate of drug-likeness (QED) is 0.848. The Hall–Kier alpha value is -2.49. The van der Waals surface area contributed by atoms with Gasteiger partial charge < -0.3 is 14.8 Å². The summed E-state index contributed by atoms with van der Waals surface area (Å²) in [5, 5.41) is 3.20. The van der Waals surface area contributed by atoms with Gasteiger partial charge in [0.2, 0.25) is 0 Å². The predicted molar refractivity (Wildman–Crippen MR) is 93.7 cm³/mol. The average molecular weight is 325 g/mol. The maximum absolute atomic E-state index is 12.7. The summed E-state index contributed by atoms with van der Waals surface area (Å²) in [5.74, 6) is 1.72. The van der Waals surface area contributed by atoms with Crippen LogP contribution in [-0.4, -0.2) is 26.2 Å². The van der Waals surface area contributed by atoms with Gasteiger partial charge in [0.05, 0.1) is 14.2 Å². The van der Waals surface area contributed by atoms with E-state index in [0.717, 1.165) is 6.42 Å². The number of rotatable bonds is 7. The summed E-state index contributed by atoms with van der Waals surface area (Å²) >= 11 is 0. The summed E-state index contributed by atoms with van der Waals surface area (Å²) in [6.45, 7) is 0. The molecule has 0 aliphatic heterocycles. The molecule has 4 nitrogen and oxygen atoms in total. The van der Waals surface area contributed by atoms with E-state index in [2.05, 4.69) is 17.4 Å². The van der Waals surface area contributed by atoms with Crippen LogP contribution in [0, 0.1) is 5.92 Å². The molecule has 1 saturated carbocycles. The van der Waals surface area contributed by atoms with E-state index in [0.29, 0.717) is 23.0 Å². The van der Waals surface area contributed by atoms with Gasteiger partial charge in [-0.05, 0) is 42.9 Å². The molecule has 126 valence electrons. The van der Waals surface area contributed by atoms with Gasteiger partial charge in [0.1, 0.15) is 11.5 Å². The van der Waals surface area contributed by atoms with Gasteiger partial charge in [-0.15, -0.1) is 0 Å². The molecule has 1 atom stereocenters. The SMILES string of the molecule is COc1cc(OC)cc(C(=O)NC(Cc2ccccc2)C2CC2)c1. The van der Waals surface area contributed by atoms with Gasteiger partial charge in [0, 0.05) is 17.7 Å². The molecular formula is C20H23NO3. The molecule has 1 N–H and O–H groups in total. The zero-order valence-electron chi connectivity index (χ0n) is 14.1. The van der Waals surface area contributed by atoms with Crippen molar-refractivity contribution in [3.63, 3.8) is 0 Å². The van der Waals surface area contributed by atoms with E-state index in [-0.39, 0.29) is 11.9 Å². The van der Waals surface area contributed by atoms with E-state index in [4.69, 9.17) is 9.47 Å². The van der Waals surface area contributed by atoms with Gasteiger partial charge in [-0.25, -0.2) is 0 Å². The summed E-state index contributed by atoms with van der Waals surface area (Å²) in [7, 11) is 3.16. The standard InChI is InChI=1S/C20H23NO3/c1-23-17-11-16(12-18(13-17)24-2)20(22)21-19(15-8-9-15)10-14-6-4-3-5-7-14/h3-7,11-13,15,19H,8-10H2,1-2H3,(H,21,22). The number of nitrogens with one attached hydrogen (secondary N) is 1. The summed E-state index contributed by atoms with van der Waals surface area (Å²) in [6.07, 6.45) is 3.22. The van der Waals surface area contributed by atoms with Crippen molar-refractivity contribution in [2.24, 2.45) is 5.92 Å². The molecule has 4 heteroatoms. The van der Waals surface area contributed by atoms with E-state index in [1.54, 1.807) is 32.4 Å². The van der Waals surface area contributed by atoms with Crippen molar-refractivity contribution in [3.8, 4) is 11.5 Å². The molecule has 24 heavy (non-hydrogen) atoms. The zero-order valence-corrected chi connectivity index (χ0v) is 14.1. The fourth-order valence-electron chi connectivity index (χ4n) is 2.89. The molecule has 0 aromatic heterocycles. The van der Waals surface area contributed by atoms with Crippen molar-refractivity contribution in [1.82, 2.24) is 5.32 Å². The van der Waals surface area contributed by atoms with Crippen LogP contribution in [0.5, 0.6) is 11.5 Å². The van der Waals surface area contributed by atoms with Crippen LogP contribution in [-0.2, 0) is 6.42 Å². The molecular weight excluding hydrogens is 302 g/mol. The van der Waals surface area contributed by atoms with Crippen molar-refractivity contribution in [2.45, 2.75) is 25.3 Å². The Bertz CT molecular complexity index is 673. The fourth-order valence-corrected chi connectivity index (χ4v) is 2.89. The van der Waals surface area contributed by atoms with Crippen LogP contribution in [0.15, 0.2) is 48.5 Å². The molecule has 3 rings (SSSR count). The van der Waals surface area contributed by atoms with Crippen molar-refractivity contribution in [2.75, 3.05) is 14.2 Å². The monoisotopic (exact) mass is 325 g/mol. The Morgan fingerprint density at radius 2 is 1.71 bits per heavy atom. The molecule has 2 aromatic rings. The number of benzene rings is 2. The van der Waals surface area contributed by atoms with Gasteiger partial charge in [-0.2, -0.15) is 0 Å². The smallest absolute Gasteiger partial charge is 0.251 e. The zero-order chi connectivity index (χ0) is 16.9.